The summed E-state index contributed by atoms with van der Waals surface area (Å²) in [6.07, 6.45) is 10.9. The highest BCUT2D eigenvalue weighted by Crippen LogP contribution is 2.27. The van der Waals surface area contributed by atoms with Gasteiger partial charge in [-0.25, -0.2) is 14.0 Å². The third-order valence-corrected chi connectivity index (χ3v) is 7.13. The van der Waals surface area contributed by atoms with Crippen molar-refractivity contribution in [2.24, 2.45) is 5.92 Å². The van der Waals surface area contributed by atoms with Gasteiger partial charge in [0.05, 0.1) is 24.3 Å². The largest absolute Gasteiger partial charge is 0.494 e. The quantitative estimate of drug-likeness (QED) is 0.0931. The molecule has 0 heterocycles. The van der Waals surface area contributed by atoms with Gasteiger partial charge >= 0.3 is 11.9 Å². The average molecular weight is 563 g/mol. The number of halogens is 1. The molecule has 0 aliphatic carbocycles. The molecule has 0 radical (unpaired) electrons. The van der Waals surface area contributed by atoms with Gasteiger partial charge in [0, 0.05) is 5.56 Å². The second-order valence-corrected chi connectivity index (χ2v) is 10.6. The molecule has 1 atom stereocenters. The number of hydrogen-bond donors (Lipinski definition) is 0. The first-order chi connectivity index (χ1) is 19.9. The second kappa shape index (κ2) is 17.2. The number of rotatable bonds is 17. The minimum atomic E-state index is -0.541. The Hall–Kier alpha value is -3.67. The number of carbonyl (C=O) groups excluding carboxylic acids is 2. The van der Waals surface area contributed by atoms with Gasteiger partial charge in [0.1, 0.15) is 17.3 Å². The first-order valence-corrected chi connectivity index (χ1v) is 14.9. The highest BCUT2D eigenvalue weighted by molar-refractivity contribution is 5.91. The standard InChI is InChI=1S/C35H43FO5/c1-4-6-7-8-9-10-11-12-23-39-30-18-15-28(16-19-30)35(38)41-31-20-13-27(14-21-31)32-22-17-29(24-33(32)36)34(37)40-25-26(3)5-2/h13-22,24,26H,4-12,23,25H2,1-3H3. The fourth-order valence-electron chi connectivity index (χ4n) is 4.28. The van der Waals surface area contributed by atoms with Gasteiger partial charge in [-0.3, -0.25) is 0 Å². The first-order valence-electron chi connectivity index (χ1n) is 14.9. The van der Waals surface area contributed by atoms with Gasteiger partial charge in [0.15, 0.2) is 0 Å². The minimum Gasteiger partial charge on any atom is -0.494 e. The van der Waals surface area contributed by atoms with Crippen LogP contribution in [0.2, 0.25) is 0 Å². The molecule has 0 fully saturated rings. The fourth-order valence-corrected chi connectivity index (χ4v) is 4.28. The summed E-state index contributed by atoms with van der Waals surface area (Å²) in [6.45, 7) is 7.20. The summed E-state index contributed by atoms with van der Waals surface area (Å²) >= 11 is 0. The van der Waals surface area contributed by atoms with Crippen molar-refractivity contribution in [2.75, 3.05) is 13.2 Å². The lowest BCUT2D eigenvalue weighted by Gasteiger charge is -2.11. The molecule has 1 unspecified atom stereocenters. The molecule has 0 spiro atoms. The van der Waals surface area contributed by atoms with Crippen molar-refractivity contribution in [3.8, 4) is 22.6 Å². The smallest absolute Gasteiger partial charge is 0.343 e. The summed E-state index contributed by atoms with van der Waals surface area (Å²) in [5, 5.41) is 0. The molecule has 0 aliphatic rings. The number of ether oxygens (including phenoxy) is 3. The molecule has 6 heteroatoms. The van der Waals surface area contributed by atoms with Crippen LogP contribution in [0.5, 0.6) is 11.5 Å². The SMILES string of the molecule is CCCCCCCCCCOc1ccc(C(=O)Oc2ccc(-c3ccc(C(=O)OCC(C)CC)cc3F)cc2)cc1. The Morgan fingerprint density at radius 3 is 1.98 bits per heavy atom. The van der Waals surface area contributed by atoms with Crippen molar-refractivity contribution in [2.45, 2.75) is 78.6 Å². The van der Waals surface area contributed by atoms with E-state index in [1.54, 1.807) is 60.7 Å². The summed E-state index contributed by atoms with van der Waals surface area (Å²) in [4.78, 5) is 24.8. The molecule has 0 bridgehead atoms. The van der Waals surface area contributed by atoms with Gasteiger partial charge in [-0.15, -0.1) is 0 Å². The Morgan fingerprint density at radius 1 is 0.732 bits per heavy atom. The third kappa shape index (κ3) is 10.7. The van der Waals surface area contributed by atoms with E-state index >= 15 is 0 Å². The van der Waals surface area contributed by atoms with E-state index in [0.717, 1.165) is 18.6 Å². The van der Waals surface area contributed by atoms with Crippen molar-refractivity contribution in [1.82, 2.24) is 0 Å². The van der Waals surface area contributed by atoms with Crippen molar-refractivity contribution in [3.63, 3.8) is 0 Å². The van der Waals surface area contributed by atoms with Crippen LogP contribution in [0.15, 0.2) is 66.7 Å². The van der Waals surface area contributed by atoms with Crippen LogP contribution in [0, 0.1) is 11.7 Å². The molecule has 3 aromatic rings. The zero-order valence-corrected chi connectivity index (χ0v) is 24.6. The molecular weight excluding hydrogens is 519 g/mol. The van der Waals surface area contributed by atoms with Crippen LogP contribution >= 0.6 is 0 Å². The van der Waals surface area contributed by atoms with E-state index in [2.05, 4.69) is 6.92 Å². The summed E-state index contributed by atoms with van der Waals surface area (Å²) in [7, 11) is 0. The Bertz CT molecular complexity index is 1220. The Kier molecular flexibility index (Phi) is 13.4. The molecule has 41 heavy (non-hydrogen) atoms. The Morgan fingerprint density at radius 2 is 1.34 bits per heavy atom. The number of carbonyl (C=O) groups is 2. The van der Waals surface area contributed by atoms with E-state index in [9.17, 15) is 14.0 Å². The first kappa shape index (κ1) is 31.9. The van der Waals surface area contributed by atoms with Crippen LogP contribution in [-0.4, -0.2) is 25.2 Å². The summed E-state index contributed by atoms with van der Waals surface area (Å²) in [5.41, 5.74) is 1.52. The molecule has 3 aromatic carbocycles. The molecule has 220 valence electrons. The number of hydrogen-bond acceptors (Lipinski definition) is 5. The van der Waals surface area contributed by atoms with E-state index in [1.807, 2.05) is 13.8 Å². The monoisotopic (exact) mass is 562 g/mol. The Balaban J connectivity index is 1.46. The maximum absolute atomic E-state index is 14.8. The molecular formula is C35H43FO5. The van der Waals surface area contributed by atoms with Crippen LogP contribution in [0.25, 0.3) is 11.1 Å². The normalized spacial score (nSPS) is 11.6. The molecule has 5 nitrogen and oxygen atoms in total. The molecule has 0 aromatic heterocycles. The molecule has 3 rings (SSSR count). The van der Waals surface area contributed by atoms with Crippen molar-refractivity contribution in [1.29, 1.82) is 0 Å². The number of esters is 2. The van der Waals surface area contributed by atoms with E-state index in [1.165, 1.54) is 51.0 Å². The number of unbranched alkanes of at least 4 members (excludes halogenated alkanes) is 7. The van der Waals surface area contributed by atoms with Crippen LogP contribution in [0.1, 0.15) is 99.3 Å². The lowest BCUT2D eigenvalue weighted by atomic mass is 10.0. The fraction of sp³-hybridized carbons (Fsp3) is 0.429. The third-order valence-electron chi connectivity index (χ3n) is 7.13. The van der Waals surface area contributed by atoms with Gasteiger partial charge in [-0.05, 0) is 66.4 Å². The number of benzene rings is 3. The molecule has 0 saturated carbocycles. The molecule has 0 saturated heterocycles. The lowest BCUT2D eigenvalue weighted by molar-refractivity contribution is 0.0446. The van der Waals surface area contributed by atoms with Crippen molar-refractivity contribution < 1.29 is 28.2 Å². The van der Waals surface area contributed by atoms with Gasteiger partial charge in [-0.2, -0.15) is 0 Å². The summed E-state index contributed by atoms with van der Waals surface area (Å²) in [5.74, 6) is -0.235. The maximum atomic E-state index is 14.8. The lowest BCUT2D eigenvalue weighted by Crippen LogP contribution is -2.11. The van der Waals surface area contributed by atoms with Crippen LogP contribution in [0.4, 0.5) is 4.39 Å². The van der Waals surface area contributed by atoms with Gasteiger partial charge in [0.2, 0.25) is 0 Å². The maximum Gasteiger partial charge on any atom is 0.343 e. The highest BCUT2D eigenvalue weighted by atomic mass is 19.1. The summed E-state index contributed by atoms with van der Waals surface area (Å²) in [6, 6.07) is 17.8. The molecule has 0 aliphatic heterocycles. The van der Waals surface area contributed by atoms with E-state index in [0.29, 0.717) is 35.7 Å². The van der Waals surface area contributed by atoms with Crippen molar-refractivity contribution >= 4 is 11.9 Å². The van der Waals surface area contributed by atoms with Gasteiger partial charge in [0.25, 0.3) is 0 Å². The van der Waals surface area contributed by atoms with Crippen LogP contribution in [-0.2, 0) is 4.74 Å². The van der Waals surface area contributed by atoms with Crippen LogP contribution < -0.4 is 9.47 Å². The van der Waals surface area contributed by atoms with Crippen LogP contribution in [0.3, 0.4) is 0 Å². The molecule has 0 amide bonds. The zero-order valence-electron chi connectivity index (χ0n) is 24.6. The van der Waals surface area contributed by atoms with Gasteiger partial charge in [-0.1, -0.05) is 90.3 Å². The summed E-state index contributed by atoms with van der Waals surface area (Å²) < 4.78 is 31.4. The zero-order chi connectivity index (χ0) is 29.5. The van der Waals surface area contributed by atoms with E-state index in [4.69, 9.17) is 14.2 Å². The predicted molar refractivity (Wildman–Crippen MR) is 161 cm³/mol. The average Bonchev–Trinajstić information content (AvgIpc) is 2.99. The molecule has 0 N–H and O–H groups in total. The van der Waals surface area contributed by atoms with E-state index < -0.39 is 17.8 Å². The Labute approximate surface area is 244 Å². The minimum absolute atomic E-state index is 0.171. The topological polar surface area (TPSA) is 61.8 Å². The van der Waals surface area contributed by atoms with Gasteiger partial charge < -0.3 is 14.2 Å². The predicted octanol–water partition coefficient (Wildman–Crippen LogP) is 9.43. The highest BCUT2D eigenvalue weighted by Gasteiger charge is 2.14. The second-order valence-electron chi connectivity index (χ2n) is 10.6. The van der Waals surface area contributed by atoms with E-state index in [-0.39, 0.29) is 11.5 Å². The van der Waals surface area contributed by atoms with Crippen molar-refractivity contribution in [3.05, 3.63) is 83.7 Å².